The first kappa shape index (κ1) is 11.4. The van der Waals surface area contributed by atoms with Crippen LogP contribution in [0.5, 0.6) is 0 Å². The van der Waals surface area contributed by atoms with Gasteiger partial charge in [-0.1, -0.05) is 32.1 Å². The van der Waals surface area contributed by atoms with Gasteiger partial charge in [0.15, 0.2) is 0 Å². The quantitative estimate of drug-likeness (QED) is 0.779. The second-order valence-corrected chi connectivity index (χ2v) is 5.40. The topological polar surface area (TPSA) is 35.2 Å². The number of hydrogen-bond acceptors (Lipinski definition) is 2. The molecule has 0 aromatic carbocycles. The molecule has 0 bridgehead atoms. The second kappa shape index (κ2) is 4.84. The maximum atomic E-state index is 6.47. The van der Waals surface area contributed by atoms with Gasteiger partial charge >= 0.3 is 0 Å². The Kier molecular flexibility index (Phi) is 3.68. The second-order valence-electron chi connectivity index (χ2n) is 5.40. The first-order valence-electron chi connectivity index (χ1n) is 6.59. The zero-order valence-electron chi connectivity index (χ0n) is 10.0. The van der Waals surface area contributed by atoms with Crippen molar-refractivity contribution >= 4 is 0 Å². The van der Waals surface area contributed by atoms with Crippen LogP contribution in [0.25, 0.3) is 0 Å². The zero-order chi connectivity index (χ0) is 10.7. The van der Waals surface area contributed by atoms with E-state index in [1.165, 1.54) is 57.8 Å². The van der Waals surface area contributed by atoms with Crippen molar-refractivity contribution in [2.75, 3.05) is 7.11 Å². The fourth-order valence-electron chi connectivity index (χ4n) is 3.57. The highest BCUT2D eigenvalue weighted by atomic mass is 16.5. The van der Waals surface area contributed by atoms with Crippen LogP contribution >= 0.6 is 0 Å². The van der Waals surface area contributed by atoms with Crippen molar-refractivity contribution in [1.29, 1.82) is 0 Å². The average molecular weight is 211 g/mol. The van der Waals surface area contributed by atoms with Gasteiger partial charge in [-0.25, -0.2) is 0 Å². The van der Waals surface area contributed by atoms with E-state index < -0.39 is 0 Å². The molecule has 0 heterocycles. The summed E-state index contributed by atoms with van der Waals surface area (Å²) in [5, 5.41) is 0. The summed E-state index contributed by atoms with van der Waals surface area (Å²) in [6.45, 7) is 0. The molecule has 2 nitrogen and oxygen atoms in total. The summed E-state index contributed by atoms with van der Waals surface area (Å²) >= 11 is 0. The smallest absolute Gasteiger partial charge is 0.0831 e. The third-order valence-corrected chi connectivity index (χ3v) is 4.62. The van der Waals surface area contributed by atoms with E-state index in [1.54, 1.807) is 0 Å². The summed E-state index contributed by atoms with van der Waals surface area (Å²) in [7, 11) is 1.86. The van der Waals surface area contributed by atoms with E-state index in [4.69, 9.17) is 10.5 Å². The van der Waals surface area contributed by atoms with Crippen molar-refractivity contribution in [2.45, 2.75) is 69.4 Å². The molecule has 2 aliphatic rings. The fourth-order valence-corrected chi connectivity index (χ4v) is 3.57. The van der Waals surface area contributed by atoms with Gasteiger partial charge in [-0.2, -0.15) is 0 Å². The van der Waals surface area contributed by atoms with E-state index in [-0.39, 0.29) is 11.6 Å². The SMILES string of the molecule is COC1(C(N)C2CCCCC2)CCCC1. The van der Waals surface area contributed by atoms with E-state index in [1.807, 2.05) is 7.11 Å². The Morgan fingerprint density at radius 1 is 1.07 bits per heavy atom. The molecule has 2 heteroatoms. The molecule has 0 amide bonds. The van der Waals surface area contributed by atoms with Gasteiger partial charge in [-0.3, -0.25) is 0 Å². The molecule has 1 unspecified atom stereocenters. The lowest BCUT2D eigenvalue weighted by molar-refractivity contribution is -0.0445. The molecule has 88 valence electrons. The summed E-state index contributed by atoms with van der Waals surface area (Å²) in [4.78, 5) is 0. The standard InChI is InChI=1S/C13H25NO/c1-15-13(9-5-6-10-13)12(14)11-7-3-2-4-8-11/h11-12H,2-10,14H2,1H3. The monoisotopic (exact) mass is 211 g/mol. The molecular weight excluding hydrogens is 186 g/mol. The summed E-state index contributed by atoms with van der Waals surface area (Å²) in [5.74, 6) is 0.719. The van der Waals surface area contributed by atoms with Crippen molar-refractivity contribution in [3.05, 3.63) is 0 Å². The van der Waals surface area contributed by atoms with E-state index in [0.29, 0.717) is 0 Å². The van der Waals surface area contributed by atoms with Crippen LogP contribution in [-0.4, -0.2) is 18.8 Å². The van der Waals surface area contributed by atoms with Crippen molar-refractivity contribution < 1.29 is 4.74 Å². The first-order chi connectivity index (χ1) is 7.28. The van der Waals surface area contributed by atoms with Crippen LogP contribution in [-0.2, 0) is 4.74 Å². The maximum absolute atomic E-state index is 6.47. The van der Waals surface area contributed by atoms with Gasteiger partial charge < -0.3 is 10.5 Å². The van der Waals surface area contributed by atoms with E-state index in [0.717, 1.165) is 5.92 Å². The first-order valence-corrected chi connectivity index (χ1v) is 6.59. The average Bonchev–Trinajstić information content (AvgIpc) is 2.79. The van der Waals surface area contributed by atoms with Crippen LogP contribution in [0, 0.1) is 5.92 Å². The fraction of sp³-hybridized carbons (Fsp3) is 1.00. The van der Waals surface area contributed by atoms with Crippen LogP contribution < -0.4 is 5.73 Å². The Labute approximate surface area is 93.6 Å². The Bertz CT molecular complexity index is 193. The number of ether oxygens (including phenoxy) is 1. The molecule has 0 aliphatic heterocycles. The van der Waals surface area contributed by atoms with Gasteiger partial charge in [-0.05, 0) is 31.6 Å². The van der Waals surface area contributed by atoms with Crippen LogP contribution in [0.15, 0.2) is 0 Å². The Balaban J connectivity index is 2.00. The van der Waals surface area contributed by atoms with Crippen molar-refractivity contribution in [3.8, 4) is 0 Å². The summed E-state index contributed by atoms with van der Waals surface area (Å²) in [6.07, 6.45) is 11.8. The van der Waals surface area contributed by atoms with Crippen LogP contribution in [0.1, 0.15) is 57.8 Å². The van der Waals surface area contributed by atoms with Crippen LogP contribution in [0.2, 0.25) is 0 Å². The largest absolute Gasteiger partial charge is 0.377 e. The number of rotatable bonds is 3. The van der Waals surface area contributed by atoms with Crippen molar-refractivity contribution in [1.82, 2.24) is 0 Å². The molecule has 0 radical (unpaired) electrons. The van der Waals surface area contributed by atoms with Crippen molar-refractivity contribution in [3.63, 3.8) is 0 Å². The minimum absolute atomic E-state index is 0.0298. The van der Waals surface area contributed by atoms with Crippen molar-refractivity contribution in [2.24, 2.45) is 11.7 Å². The van der Waals surface area contributed by atoms with E-state index >= 15 is 0 Å². The van der Waals surface area contributed by atoms with Crippen LogP contribution in [0.4, 0.5) is 0 Å². The van der Waals surface area contributed by atoms with Gasteiger partial charge in [0.05, 0.1) is 5.60 Å². The third kappa shape index (κ3) is 2.21. The number of hydrogen-bond donors (Lipinski definition) is 1. The number of methoxy groups -OCH3 is 1. The molecule has 0 spiro atoms. The zero-order valence-corrected chi connectivity index (χ0v) is 10.0. The molecule has 0 aromatic heterocycles. The van der Waals surface area contributed by atoms with Gasteiger partial charge in [0.2, 0.25) is 0 Å². The van der Waals surface area contributed by atoms with Gasteiger partial charge in [-0.15, -0.1) is 0 Å². The Hall–Kier alpha value is -0.0800. The predicted octanol–water partition coefficient (Wildman–Crippen LogP) is 2.85. The molecular formula is C13H25NO. The third-order valence-electron chi connectivity index (χ3n) is 4.62. The van der Waals surface area contributed by atoms with Gasteiger partial charge in [0.25, 0.3) is 0 Å². The molecule has 2 fully saturated rings. The lowest BCUT2D eigenvalue weighted by Gasteiger charge is -2.40. The highest BCUT2D eigenvalue weighted by molar-refractivity contribution is 4.98. The molecule has 2 rings (SSSR count). The van der Waals surface area contributed by atoms with Gasteiger partial charge in [0.1, 0.15) is 0 Å². The highest BCUT2D eigenvalue weighted by Gasteiger charge is 2.43. The Morgan fingerprint density at radius 3 is 2.20 bits per heavy atom. The predicted molar refractivity (Wildman–Crippen MR) is 62.8 cm³/mol. The Morgan fingerprint density at radius 2 is 1.67 bits per heavy atom. The molecule has 2 aliphatic carbocycles. The number of nitrogens with two attached hydrogens (primary N) is 1. The van der Waals surface area contributed by atoms with E-state index in [2.05, 4.69) is 0 Å². The summed E-state index contributed by atoms with van der Waals surface area (Å²) in [6, 6.07) is 0.283. The summed E-state index contributed by atoms with van der Waals surface area (Å²) < 4.78 is 5.79. The maximum Gasteiger partial charge on any atom is 0.0831 e. The lowest BCUT2D eigenvalue weighted by atomic mass is 9.76. The van der Waals surface area contributed by atoms with Gasteiger partial charge in [0, 0.05) is 13.2 Å². The molecule has 2 N–H and O–H groups in total. The summed E-state index contributed by atoms with van der Waals surface area (Å²) in [5.41, 5.74) is 6.50. The minimum Gasteiger partial charge on any atom is -0.377 e. The molecule has 15 heavy (non-hydrogen) atoms. The normalized spacial score (nSPS) is 29.2. The molecule has 0 saturated heterocycles. The van der Waals surface area contributed by atoms with Crippen LogP contribution in [0.3, 0.4) is 0 Å². The lowest BCUT2D eigenvalue weighted by Crippen LogP contribution is -2.52. The minimum atomic E-state index is 0.0298. The highest BCUT2D eigenvalue weighted by Crippen LogP contribution is 2.40. The molecule has 1 atom stereocenters. The molecule has 2 saturated carbocycles. The van der Waals surface area contributed by atoms with E-state index in [9.17, 15) is 0 Å². The molecule has 0 aromatic rings.